The molecule has 38 heavy (non-hydrogen) atoms. The molecule has 13 heteroatoms. The Bertz CT molecular complexity index is 1350. The summed E-state index contributed by atoms with van der Waals surface area (Å²) in [6, 6.07) is 13.4. The zero-order chi connectivity index (χ0) is 27.0. The highest BCUT2D eigenvalue weighted by Gasteiger charge is 2.22. The number of nitrogens with zero attached hydrogens (tertiary/aromatic N) is 3. The van der Waals surface area contributed by atoms with E-state index >= 15 is 0 Å². The van der Waals surface area contributed by atoms with Crippen LogP contribution in [0.1, 0.15) is 29.6 Å². The van der Waals surface area contributed by atoms with Gasteiger partial charge in [-0.25, -0.2) is 22.8 Å². The summed E-state index contributed by atoms with van der Waals surface area (Å²) >= 11 is 0. The van der Waals surface area contributed by atoms with Crippen LogP contribution in [0, 0.1) is 5.82 Å². The molecule has 3 N–H and O–H groups in total. The molecular formula is C25H27FN6O5S. The Kier molecular flexibility index (Phi) is 8.81. The molecule has 0 spiro atoms. The van der Waals surface area contributed by atoms with Crippen molar-refractivity contribution in [2.24, 2.45) is 0 Å². The standard InChI is InChI=1S/C25H27FN6O5S/c26-19-15-18(16-21(17-19)32-13-8-20(9-14-32)30-25-28-10-4-11-29-25)24(34)27-12-7-23(33)37-31-38(35,36)22-5-2-1-3-6-22/h1-6,10-11,15-17,20,31H,7-9,12-14H2,(H,27,34)(H,28,29,30). The number of hydrogen-bond acceptors (Lipinski definition) is 9. The van der Waals surface area contributed by atoms with Crippen LogP contribution < -0.4 is 20.4 Å². The summed E-state index contributed by atoms with van der Waals surface area (Å²) in [4.78, 5) is 41.1. The Labute approximate surface area is 219 Å². The van der Waals surface area contributed by atoms with E-state index in [4.69, 9.17) is 0 Å². The second-order valence-corrected chi connectivity index (χ2v) is 10.2. The minimum absolute atomic E-state index is 0.0614. The van der Waals surface area contributed by atoms with Gasteiger partial charge in [0.05, 0.1) is 11.3 Å². The summed E-state index contributed by atoms with van der Waals surface area (Å²) in [6.07, 6.45) is 4.61. The summed E-state index contributed by atoms with van der Waals surface area (Å²) in [5.41, 5.74) is 0.690. The molecule has 0 radical (unpaired) electrons. The van der Waals surface area contributed by atoms with Crippen molar-refractivity contribution in [2.45, 2.75) is 30.2 Å². The van der Waals surface area contributed by atoms with Crippen molar-refractivity contribution in [3.05, 3.63) is 78.4 Å². The molecule has 0 saturated carbocycles. The monoisotopic (exact) mass is 542 g/mol. The van der Waals surface area contributed by atoms with Crippen LogP contribution in [0.5, 0.6) is 0 Å². The molecule has 0 bridgehead atoms. The van der Waals surface area contributed by atoms with Crippen LogP contribution in [0.4, 0.5) is 16.0 Å². The molecule has 1 fully saturated rings. The lowest BCUT2D eigenvalue weighted by molar-refractivity contribution is -0.146. The van der Waals surface area contributed by atoms with E-state index in [9.17, 15) is 22.4 Å². The molecule has 0 aliphatic carbocycles. The molecule has 11 nitrogen and oxygen atoms in total. The van der Waals surface area contributed by atoms with Gasteiger partial charge < -0.3 is 20.4 Å². The number of sulfonamides is 1. The van der Waals surface area contributed by atoms with Crippen molar-refractivity contribution in [3.8, 4) is 0 Å². The molecule has 0 unspecified atom stereocenters. The van der Waals surface area contributed by atoms with Crippen LogP contribution in [0.15, 0.2) is 71.9 Å². The van der Waals surface area contributed by atoms with Crippen LogP contribution in [0.3, 0.4) is 0 Å². The van der Waals surface area contributed by atoms with E-state index in [1.54, 1.807) is 35.5 Å². The van der Waals surface area contributed by atoms with Gasteiger partial charge in [-0.15, -0.1) is 0 Å². The van der Waals surface area contributed by atoms with Crippen molar-refractivity contribution in [1.82, 2.24) is 20.2 Å². The zero-order valence-corrected chi connectivity index (χ0v) is 21.2. The van der Waals surface area contributed by atoms with Gasteiger partial charge in [-0.2, -0.15) is 0 Å². The van der Waals surface area contributed by atoms with Gasteiger partial charge in [-0.05, 0) is 54.1 Å². The van der Waals surface area contributed by atoms with Crippen LogP contribution in [0.25, 0.3) is 0 Å². The number of anilines is 2. The number of piperidine rings is 1. The lowest BCUT2D eigenvalue weighted by Gasteiger charge is -2.34. The zero-order valence-electron chi connectivity index (χ0n) is 20.3. The molecule has 3 aromatic rings. The summed E-state index contributed by atoms with van der Waals surface area (Å²) < 4.78 is 38.5. The van der Waals surface area contributed by atoms with Crippen LogP contribution in [-0.4, -0.2) is 55.9 Å². The van der Waals surface area contributed by atoms with Crippen LogP contribution in [0.2, 0.25) is 0 Å². The van der Waals surface area contributed by atoms with E-state index in [-0.39, 0.29) is 29.5 Å². The molecule has 2 aromatic carbocycles. The number of amides is 1. The Morgan fingerprint density at radius 2 is 1.74 bits per heavy atom. The van der Waals surface area contributed by atoms with E-state index in [0.29, 0.717) is 24.7 Å². The van der Waals surface area contributed by atoms with Crippen molar-refractivity contribution >= 4 is 33.5 Å². The maximum absolute atomic E-state index is 14.3. The van der Waals surface area contributed by atoms with Gasteiger partial charge in [0, 0.05) is 49.3 Å². The van der Waals surface area contributed by atoms with Crippen LogP contribution in [-0.2, 0) is 19.7 Å². The van der Waals surface area contributed by atoms with Gasteiger partial charge in [-0.3, -0.25) is 9.59 Å². The van der Waals surface area contributed by atoms with Gasteiger partial charge in [0.2, 0.25) is 5.95 Å². The third kappa shape index (κ3) is 7.46. The van der Waals surface area contributed by atoms with Crippen molar-refractivity contribution in [3.63, 3.8) is 0 Å². The second kappa shape index (κ2) is 12.4. The molecular weight excluding hydrogens is 515 g/mol. The number of carbonyl (C=O) groups is 2. The molecule has 2 heterocycles. The lowest BCUT2D eigenvalue weighted by Crippen LogP contribution is -2.39. The van der Waals surface area contributed by atoms with E-state index in [2.05, 4.69) is 25.4 Å². The minimum Gasteiger partial charge on any atom is -0.371 e. The Balaban J connectivity index is 1.24. The molecule has 1 saturated heterocycles. The number of rotatable bonds is 10. The molecule has 1 amide bonds. The maximum atomic E-state index is 14.3. The minimum atomic E-state index is -4.02. The number of halogens is 1. The fourth-order valence-electron chi connectivity index (χ4n) is 3.91. The molecule has 1 aliphatic heterocycles. The molecule has 4 rings (SSSR count). The lowest BCUT2D eigenvalue weighted by atomic mass is 10.0. The largest absolute Gasteiger partial charge is 0.371 e. The SMILES string of the molecule is O=C(CCNC(=O)c1cc(F)cc(N2CCC(Nc3ncccn3)CC2)c1)ONS(=O)(=O)c1ccccc1. The number of benzene rings is 2. The van der Waals surface area contributed by atoms with Crippen molar-refractivity contribution in [2.75, 3.05) is 29.9 Å². The number of aromatic nitrogens is 2. The van der Waals surface area contributed by atoms with Gasteiger partial charge in [0.15, 0.2) is 0 Å². The third-order valence-electron chi connectivity index (χ3n) is 5.84. The van der Waals surface area contributed by atoms with Gasteiger partial charge in [0.1, 0.15) is 5.82 Å². The van der Waals surface area contributed by atoms with Gasteiger partial charge in [0.25, 0.3) is 15.9 Å². The molecule has 0 atom stereocenters. The predicted octanol–water partition coefficient (Wildman–Crippen LogP) is 2.25. The van der Waals surface area contributed by atoms with E-state index < -0.39 is 27.7 Å². The predicted molar refractivity (Wildman–Crippen MR) is 137 cm³/mol. The normalized spacial score (nSPS) is 14.1. The highest BCUT2D eigenvalue weighted by Crippen LogP contribution is 2.24. The van der Waals surface area contributed by atoms with Crippen LogP contribution >= 0.6 is 0 Å². The fraction of sp³-hybridized carbons (Fsp3) is 0.280. The fourth-order valence-corrected chi connectivity index (χ4v) is 4.72. The average Bonchev–Trinajstić information content (AvgIpc) is 2.93. The summed E-state index contributed by atoms with van der Waals surface area (Å²) in [5, 5.41) is 5.81. The Morgan fingerprint density at radius 1 is 1.03 bits per heavy atom. The van der Waals surface area contributed by atoms with E-state index in [0.717, 1.165) is 18.9 Å². The quantitative estimate of drug-likeness (QED) is 0.329. The average molecular weight is 543 g/mol. The van der Waals surface area contributed by atoms with Crippen molar-refractivity contribution in [1.29, 1.82) is 0 Å². The van der Waals surface area contributed by atoms with Gasteiger partial charge in [-0.1, -0.05) is 18.2 Å². The maximum Gasteiger partial charge on any atom is 0.327 e. The number of nitrogens with one attached hydrogen (secondary N) is 3. The highest BCUT2D eigenvalue weighted by atomic mass is 32.2. The first-order chi connectivity index (χ1) is 18.3. The topological polar surface area (TPSA) is 143 Å². The Morgan fingerprint density at radius 3 is 2.45 bits per heavy atom. The van der Waals surface area contributed by atoms with E-state index in [1.165, 1.54) is 30.3 Å². The highest BCUT2D eigenvalue weighted by molar-refractivity contribution is 7.89. The third-order valence-corrected chi connectivity index (χ3v) is 7.03. The summed E-state index contributed by atoms with van der Waals surface area (Å²) in [7, 11) is -4.02. The first kappa shape index (κ1) is 26.9. The second-order valence-electron chi connectivity index (χ2n) is 8.56. The first-order valence-electron chi connectivity index (χ1n) is 11.9. The van der Waals surface area contributed by atoms with Gasteiger partial charge >= 0.3 is 5.97 Å². The van der Waals surface area contributed by atoms with E-state index in [1.807, 2.05) is 4.90 Å². The Hall–Kier alpha value is -4.10. The molecule has 200 valence electrons. The summed E-state index contributed by atoms with van der Waals surface area (Å²) in [5.74, 6) is -1.45. The first-order valence-corrected chi connectivity index (χ1v) is 13.4. The van der Waals surface area contributed by atoms with Crippen molar-refractivity contribution < 1.29 is 27.2 Å². The number of carbonyl (C=O) groups excluding carboxylic acids is 2. The molecule has 1 aromatic heterocycles. The number of hydrogen-bond donors (Lipinski definition) is 3. The molecule has 1 aliphatic rings. The smallest absolute Gasteiger partial charge is 0.327 e. The summed E-state index contributed by atoms with van der Waals surface area (Å²) in [6.45, 7) is 1.18.